The lowest BCUT2D eigenvalue weighted by Gasteiger charge is -2.22. The second-order valence-electron chi connectivity index (χ2n) is 5.69. The predicted molar refractivity (Wildman–Crippen MR) is 89.8 cm³/mol. The van der Waals surface area contributed by atoms with E-state index < -0.39 is 5.41 Å². The molecule has 0 saturated carbocycles. The van der Waals surface area contributed by atoms with E-state index in [4.69, 9.17) is 0 Å². The fourth-order valence-electron chi connectivity index (χ4n) is 2.97. The third-order valence-corrected chi connectivity index (χ3v) is 5.00. The van der Waals surface area contributed by atoms with Gasteiger partial charge in [-0.05, 0) is 31.5 Å². The largest absolute Gasteiger partial charge is 0.306 e. The third kappa shape index (κ3) is 2.10. The first kappa shape index (κ1) is 15.0. The number of halogens is 1. The van der Waals surface area contributed by atoms with Crippen LogP contribution >= 0.6 is 15.9 Å². The Balaban J connectivity index is 2.13. The second kappa shape index (κ2) is 5.36. The maximum absolute atomic E-state index is 13.0. The molecule has 0 spiro atoms. The van der Waals surface area contributed by atoms with Crippen LogP contribution in [0.5, 0.6) is 0 Å². The molecule has 22 heavy (non-hydrogen) atoms. The molecule has 0 bridgehead atoms. The van der Waals surface area contributed by atoms with Crippen molar-refractivity contribution in [1.82, 2.24) is 0 Å². The van der Waals surface area contributed by atoms with Gasteiger partial charge in [-0.3, -0.25) is 9.59 Å². The first-order valence-corrected chi connectivity index (χ1v) is 7.91. The van der Waals surface area contributed by atoms with E-state index in [1.54, 1.807) is 11.8 Å². The van der Waals surface area contributed by atoms with E-state index in [-0.39, 0.29) is 11.7 Å². The quantitative estimate of drug-likeness (QED) is 0.782. The molecule has 1 aliphatic rings. The highest BCUT2D eigenvalue weighted by atomic mass is 79.9. The van der Waals surface area contributed by atoms with E-state index in [1.165, 1.54) is 6.92 Å². The smallest absolute Gasteiger partial charge is 0.245 e. The first-order chi connectivity index (χ1) is 10.5. The number of hydrogen-bond donors (Lipinski definition) is 0. The summed E-state index contributed by atoms with van der Waals surface area (Å²) in [4.78, 5) is 26.9. The number of benzene rings is 2. The van der Waals surface area contributed by atoms with Gasteiger partial charge in [-0.25, -0.2) is 0 Å². The molecule has 1 unspecified atom stereocenters. The number of fused-ring (bicyclic) bond motifs is 1. The molecule has 3 nitrogen and oxygen atoms in total. The minimum atomic E-state index is -1.12. The highest BCUT2D eigenvalue weighted by Crippen LogP contribution is 2.46. The molecule has 1 heterocycles. The zero-order valence-electron chi connectivity index (χ0n) is 12.5. The number of anilines is 1. The van der Waals surface area contributed by atoms with Crippen molar-refractivity contribution in [3.63, 3.8) is 0 Å². The Morgan fingerprint density at radius 2 is 1.82 bits per heavy atom. The van der Waals surface area contributed by atoms with E-state index >= 15 is 0 Å². The monoisotopic (exact) mass is 357 g/mol. The highest BCUT2D eigenvalue weighted by Gasteiger charge is 2.51. The Morgan fingerprint density at radius 3 is 2.45 bits per heavy atom. The summed E-state index contributed by atoms with van der Waals surface area (Å²) < 4.78 is 0.798. The van der Waals surface area contributed by atoms with Crippen LogP contribution in [-0.2, 0) is 21.5 Å². The maximum Gasteiger partial charge on any atom is 0.245 e. The molecule has 2 aromatic rings. The van der Waals surface area contributed by atoms with Crippen molar-refractivity contribution in [1.29, 1.82) is 0 Å². The molecule has 1 atom stereocenters. The fourth-order valence-corrected chi connectivity index (χ4v) is 3.72. The number of carbonyl (C=O) groups excluding carboxylic acids is 2. The van der Waals surface area contributed by atoms with Gasteiger partial charge in [0.15, 0.2) is 0 Å². The van der Waals surface area contributed by atoms with Crippen LogP contribution in [0.4, 0.5) is 5.69 Å². The van der Waals surface area contributed by atoms with Gasteiger partial charge in [-0.2, -0.15) is 0 Å². The second-order valence-corrected chi connectivity index (χ2v) is 6.55. The molecule has 0 fully saturated rings. The summed E-state index contributed by atoms with van der Waals surface area (Å²) in [6.07, 6.45) is 0. The summed E-state index contributed by atoms with van der Waals surface area (Å²) in [5.41, 5.74) is 1.49. The molecule has 0 aromatic heterocycles. The first-order valence-electron chi connectivity index (χ1n) is 7.12. The minimum absolute atomic E-state index is 0.138. The van der Waals surface area contributed by atoms with E-state index in [0.717, 1.165) is 21.3 Å². The van der Waals surface area contributed by atoms with Gasteiger partial charge in [-0.15, -0.1) is 0 Å². The van der Waals surface area contributed by atoms with Crippen molar-refractivity contribution in [3.8, 4) is 0 Å². The van der Waals surface area contributed by atoms with Crippen LogP contribution in [0.15, 0.2) is 53.0 Å². The molecule has 0 N–H and O–H groups in total. The standard InChI is InChI=1S/C18H16BrNO2/c1-12(21)18(2)16-14(19)9-6-10-15(16)20(17(18)22)11-13-7-4-3-5-8-13/h3-10H,11H2,1-2H3. The summed E-state index contributed by atoms with van der Waals surface area (Å²) >= 11 is 3.50. The van der Waals surface area contributed by atoms with Crippen LogP contribution in [0.25, 0.3) is 0 Å². The summed E-state index contributed by atoms with van der Waals surface area (Å²) in [5.74, 6) is -0.299. The Labute approximate surface area is 138 Å². The van der Waals surface area contributed by atoms with Gasteiger partial charge in [0.05, 0.1) is 6.54 Å². The molecule has 0 aliphatic carbocycles. The molecule has 0 saturated heterocycles. The van der Waals surface area contributed by atoms with Crippen molar-refractivity contribution in [2.45, 2.75) is 25.8 Å². The summed E-state index contributed by atoms with van der Waals surface area (Å²) in [5, 5.41) is 0. The van der Waals surface area contributed by atoms with Gasteiger partial charge in [-0.1, -0.05) is 52.3 Å². The predicted octanol–water partition coefficient (Wildman–Crippen LogP) is 3.84. The summed E-state index contributed by atoms with van der Waals surface area (Å²) in [6, 6.07) is 15.5. The SMILES string of the molecule is CC(=O)C1(C)C(=O)N(Cc2ccccc2)c2cccc(Br)c21. The molecule has 3 rings (SSSR count). The van der Waals surface area contributed by atoms with Gasteiger partial charge in [0.1, 0.15) is 11.2 Å². The van der Waals surface area contributed by atoms with Crippen LogP contribution in [0, 0.1) is 0 Å². The van der Waals surface area contributed by atoms with Gasteiger partial charge in [0.2, 0.25) is 5.91 Å². The molecule has 4 heteroatoms. The molecular formula is C18H16BrNO2. The zero-order chi connectivity index (χ0) is 15.9. The fraction of sp³-hybridized carbons (Fsp3) is 0.222. The number of amides is 1. The summed E-state index contributed by atoms with van der Waals surface area (Å²) in [7, 11) is 0. The average Bonchev–Trinajstić information content (AvgIpc) is 2.72. The van der Waals surface area contributed by atoms with Crippen molar-refractivity contribution in [2.75, 3.05) is 4.90 Å². The number of rotatable bonds is 3. The zero-order valence-corrected chi connectivity index (χ0v) is 14.1. The normalized spacial score (nSPS) is 20.1. The average molecular weight is 358 g/mol. The lowest BCUT2D eigenvalue weighted by molar-refractivity contribution is -0.132. The van der Waals surface area contributed by atoms with Gasteiger partial charge in [0.25, 0.3) is 0 Å². The molecule has 1 aliphatic heterocycles. The van der Waals surface area contributed by atoms with Crippen molar-refractivity contribution < 1.29 is 9.59 Å². The van der Waals surface area contributed by atoms with Crippen molar-refractivity contribution >= 4 is 33.3 Å². The topological polar surface area (TPSA) is 37.4 Å². The Bertz CT molecular complexity index is 757. The minimum Gasteiger partial charge on any atom is -0.306 e. The molecule has 2 aromatic carbocycles. The number of hydrogen-bond acceptors (Lipinski definition) is 2. The third-order valence-electron chi connectivity index (χ3n) is 4.34. The Kier molecular flexibility index (Phi) is 3.65. The molecule has 112 valence electrons. The van der Waals surface area contributed by atoms with Crippen LogP contribution in [0.1, 0.15) is 25.0 Å². The van der Waals surface area contributed by atoms with Gasteiger partial charge in [0, 0.05) is 15.7 Å². The summed E-state index contributed by atoms with van der Waals surface area (Å²) in [6.45, 7) is 3.66. The highest BCUT2D eigenvalue weighted by molar-refractivity contribution is 9.10. The Hall–Kier alpha value is -1.94. The van der Waals surface area contributed by atoms with Crippen molar-refractivity contribution in [3.05, 3.63) is 64.1 Å². The number of ketones is 1. The maximum atomic E-state index is 13.0. The molecule has 0 radical (unpaired) electrons. The van der Waals surface area contributed by atoms with E-state index in [2.05, 4.69) is 15.9 Å². The van der Waals surface area contributed by atoms with Gasteiger partial charge < -0.3 is 4.90 Å². The number of carbonyl (C=O) groups is 2. The van der Waals surface area contributed by atoms with Crippen LogP contribution in [0.2, 0.25) is 0 Å². The number of Topliss-reactive ketones (excluding diaryl/α,β-unsaturated/α-hetero) is 1. The van der Waals surface area contributed by atoms with Crippen LogP contribution < -0.4 is 4.90 Å². The van der Waals surface area contributed by atoms with Gasteiger partial charge >= 0.3 is 0 Å². The molecule has 1 amide bonds. The van der Waals surface area contributed by atoms with E-state index in [0.29, 0.717) is 6.54 Å². The molecular weight excluding hydrogens is 342 g/mol. The number of nitrogens with zero attached hydrogens (tertiary/aromatic N) is 1. The lowest BCUT2D eigenvalue weighted by atomic mass is 9.80. The lowest BCUT2D eigenvalue weighted by Crippen LogP contribution is -2.42. The van der Waals surface area contributed by atoms with Crippen LogP contribution in [-0.4, -0.2) is 11.7 Å². The van der Waals surface area contributed by atoms with Crippen molar-refractivity contribution in [2.24, 2.45) is 0 Å². The Morgan fingerprint density at radius 1 is 1.14 bits per heavy atom. The van der Waals surface area contributed by atoms with Crippen LogP contribution in [0.3, 0.4) is 0 Å². The van der Waals surface area contributed by atoms with E-state index in [9.17, 15) is 9.59 Å². The van der Waals surface area contributed by atoms with E-state index in [1.807, 2.05) is 48.5 Å².